The Morgan fingerprint density at radius 1 is 1.21 bits per heavy atom. The molecule has 1 unspecified atom stereocenters. The van der Waals surface area contributed by atoms with Crippen molar-refractivity contribution in [3.63, 3.8) is 0 Å². The molecule has 4 atom stereocenters. The molecule has 1 saturated heterocycles. The van der Waals surface area contributed by atoms with Crippen molar-refractivity contribution in [3.05, 3.63) is 23.3 Å². The summed E-state index contributed by atoms with van der Waals surface area (Å²) < 4.78 is 6.27. The molecule has 4 nitrogen and oxygen atoms in total. The van der Waals surface area contributed by atoms with Gasteiger partial charge in [0.05, 0.1) is 11.0 Å². The smallest absolute Gasteiger partial charge is 0.165 e. The van der Waals surface area contributed by atoms with Crippen molar-refractivity contribution in [1.82, 2.24) is 4.90 Å². The van der Waals surface area contributed by atoms with Gasteiger partial charge < -0.3 is 14.9 Å². The molecule has 2 heterocycles. The van der Waals surface area contributed by atoms with Crippen LogP contribution in [0, 0.1) is 5.92 Å². The summed E-state index contributed by atoms with van der Waals surface area (Å²) in [6.07, 6.45) is 7.47. The van der Waals surface area contributed by atoms with Crippen LogP contribution >= 0.6 is 0 Å². The average Bonchev–Trinajstić information content (AvgIpc) is 3.30. The van der Waals surface area contributed by atoms with Gasteiger partial charge in [0.15, 0.2) is 11.5 Å². The Kier molecular flexibility index (Phi) is 2.49. The van der Waals surface area contributed by atoms with Crippen LogP contribution in [0.2, 0.25) is 0 Å². The zero-order valence-electron chi connectivity index (χ0n) is 14.0. The number of likely N-dealkylation sites (tertiary alicyclic amines) is 1. The van der Waals surface area contributed by atoms with Gasteiger partial charge in [-0.25, -0.2) is 0 Å². The highest BCUT2D eigenvalue weighted by Crippen LogP contribution is 2.65. The summed E-state index contributed by atoms with van der Waals surface area (Å²) >= 11 is 0. The van der Waals surface area contributed by atoms with Gasteiger partial charge in [-0.1, -0.05) is 6.07 Å². The molecule has 1 aromatic carbocycles. The van der Waals surface area contributed by atoms with Gasteiger partial charge in [-0.3, -0.25) is 4.90 Å². The zero-order valence-corrected chi connectivity index (χ0v) is 14.0. The Morgan fingerprint density at radius 2 is 2.08 bits per heavy atom. The summed E-state index contributed by atoms with van der Waals surface area (Å²) in [6, 6.07) is 4.07. The molecule has 2 saturated carbocycles. The van der Waals surface area contributed by atoms with Gasteiger partial charge in [0.25, 0.3) is 0 Å². The summed E-state index contributed by atoms with van der Waals surface area (Å²) in [5.41, 5.74) is 1.45. The van der Waals surface area contributed by atoms with Crippen LogP contribution in [0.5, 0.6) is 11.5 Å². The minimum absolute atomic E-state index is 0.0316. The highest BCUT2D eigenvalue weighted by atomic mass is 16.5. The van der Waals surface area contributed by atoms with Crippen molar-refractivity contribution in [3.8, 4) is 11.5 Å². The molecule has 2 bridgehead atoms. The highest BCUT2D eigenvalue weighted by Gasteiger charge is 2.71. The Morgan fingerprint density at radius 3 is 2.92 bits per heavy atom. The van der Waals surface area contributed by atoms with E-state index in [9.17, 15) is 10.2 Å². The van der Waals surface area contributed by atoms with E-state index in [0.717, 1.165) is 56.7 Å². The second-order valence-corrected chi connectivity index (χ2v) is 8.75. The first kappa shape index (κ1) is 14.0. The van der Waals surface area contributed by atoms with Gasteiger partial charge in [-0.2, -0.15) is 0 Å². The molecule has 3 aliphatic carbocycles. The monoisotopic (exact) mass is 327 g/mol. The third-order valence-corrected chi connectivity index (χ3v) is 7.66. The van der Waals surface area contributed by atoms with E-state index >= 15 is 0 Å². The second-order valence-electron chi connectivity index (χ2n) is 8.75. The number of phenolic OH excluding ortho intramolecular Hbond substituents is 1. The van der Waals surface area contributed by atoms with E-state index in [1.54, 1.807) is 6.07 Å². The second kappa shape index (κ2) is 4.28. The van der Waals surface area contributed by atoms with Crippen LogP contribution in [-0.4, -0.2) is 45.9 Å². The van der Waals surface area contributed by atoms with E-state index in [2.05, 4.69) is 11.0 Å². The number of aliphatic hydroxyl groups is 1. The zero-order chi connectivity index (χ0) is 16.1. The van der Waals surface area contributed by atoms with Crippen molar-refractivity contribution < 1.29 is 14.9 Å². The van der Waals surface area contributed by atoms with Crippen LogP contribution in [0.4, 0.5) is 0 Å². The van der Waals surface area contributed by atoms with E-state index in [1.807, 2.05) is 0 Å². The summed E-state index contributed by atoms with van der Waals surface area (Å²) in [6.45, 7) is 2.20. The third kappa shape index (κ3) is 1.45. The summed E-state index contributed by atoms with van der Waals surface area (Å²) in [5.74, 6) is 1.77. The third-order valence-electron chi connectivity index (χ3n) is 7.66. The Labute approximate surface area is 142 Å². The van der Waals surface area contributed by atoms with Crippen molar-refractivity contribution in [1.29, 1.82) is 0 Å². The lowest BCUT2D eigenvalue weighted by molar-refractivity contribution is -0.185. The minimum atomic E-state index is -0.699. The standard InChI is InChI=1S/C20H25NO3/c22-14-6-5-13-10-15-20(23)7-1-2-16-19(20,17(13)18(14)24-16)8-9-21(15)11-12-3-4-12/h5-6,12,15-16,22-23H,1-4,7-11H2/t15-,16?,19-,20-/m1/s1. The van der Waals surface area contributed by atoms with Crippen LogP contribution in [0.3, 0.4) is 0 Å². The lowest BCUT2D eigenvalue weighted by Crippen LogP contribution is -2.75. The maximum absolute atomic E-state index is 12.0. The quantitative estimate of drug-likeness (QED) is 0.875. The maximum Gasteiger partial charge on any atom is 0.165 e. The fourth-order valence-electron chi connectivity index (χ4n) is 6.48. The van der Waals surface area contributed by atoms with E-state index in [-0.39, 0.29) is 23.3 Å². The fourth-order valence-corrected chi connectivity index (χ4v) is 6.48. The van der Waals surface area contributed by atoms with Gasteiger partial charge in [-0.15, -0.1) is 0 Å². The number of rotatable bonds is 2. The average molecular weight is 327 g/mol. The van der Waals surface area contributed by atoms with Gasteiger partial charge in [0.2, 0.25) is 0 Å². The SMILES string of the molecule is Oc1ccc2c3c1OC1CCC[C@@]4(O)[C@@H](C2)N(CC2CC2)CC[C@]314. The van der Waals surface area contributed by atoms with Crippen molar-refractivity contribution in [2.24, 2.45) is 5.92 Å². The molecule has 0 aromatic heterocycles. The van der Waals surface area contributed by atoms with Gasteiger partial charge >= 0.3 is 0 Å². The number of nitrogens with zero attached hydrogens (tertiary/aromatic N) is 1. The predicted octanol–water partition coefficient (Wildman–Crippen LogP) is 2.35. The molecule has 3 fully saturated rings. The molecule has 128 valence electrons. The number of phenols is 1. The number of benzene rings is 1. The predicted molar refractivity (Wildman–Crippen MR) is 89.4 cm³/mol. The fraction of sp³-hybridized carbons (Fsp3) is 0.700. The van der Waals surface area contributed by atoms with Crippen LogP contribution in [0.15, 0.2) is 12.1 Å². The first-order valence-electron chi connectivity index (χ1n) is 9.62. The Bertz CT molecular complexity index is 730. The Hall–Kier alpha value is -1.26. The van der Waals surface area contributed by atoms with E-state index in [1.165, 1.54) is 18.4 Å². The van der Waals surface area contributed by atoms with E-state index in [0.29, 0.717) is 5.75 Å². The molecule has 1 aromatic rings. The number of aromatic hydroxyl groups is 1. The molecule has 24 heavy (non-hydrogen) atoms. The van der Waals surface area contributed by atoms with Crippen LogP contribution in [0.25, 0.3) is 0 Å². The number of ether oxygens (including phenoxy) is 1. The van der Waals surface area contributed by atoms with Crippen LogP contribution in [-0.2, 0) is 11.8 Å². The van der Waals surface area contributed by atoms with Crippen molar-refractivity contribution >= 4 is 0 Å². The van der Waals surface area contributed by atoms with Gasteiger partial charge in [-0.05, 0) is 69.0 Å². The number of hydrogen-bond acceptors (Lipinski definition) is 4. The molecule has 4 heteroatoms. The largest absolute Gasteiger partial charge is 0.504 e. The van der Waals surface area contributed by atoms with E-state index < -0.39 is 5.60 Å². The van der Waals surface area contributed by atoms with Crippen molar-refractivity contribution in [2.45, 2.75) is 68.1 Å². The highest BCUT2D eigenvalue weighted by molar-refractivity contribution is 5.62. The maximum atomic E-state index is 12.0. The van der Waals surface area contributed by atoms with E-state index in [4.69, 9.17) is 4.74 Å². The number of hydrogen-bond donors (Lipinski definition) is 2. The first-order valence-corrected chi connectivity index (χ1v) is 9.62. The molecule has 2 aliphatic heterocycles. The Balaban J connectivity index is 1.56. The summed E-state index contributed by atoms with van der Waals surface area (Å²) in [7, 11) is 0. The molecule has 5 aliphatic rings. The lowest BCUT2D eigenvalue weighted by atomic mass is 9.49. The minimum Gasteiger partial charge on any atom is -0.504 e. The first-order chi connectivity index (χ1) is 11.6. The summed E-state index contributed by atoms with van der Waals surface area (Å²) in [5, 5.41) is 22.4. The normalized spacial score (nSPS) is 42.5. The van der Waals surface area contributed by atoms with Gasteiger partial charge in [0, 0.05) is 18.2 Å². The molecule has 0 radical (unpaired) electrons. The van der Waals surface area contributed by atoms with Crippen LogP contribution < -0.4 is 4.74 Å². The summed E-state index contributed by atoms with van der Waals surface area (Å²) in [4.78, 5) is 2.58. The molecular weight excluding hydrogens is 302 g/mol. The molecular formula is C20H25NO3. The molecule has 0 amide bonds. The number of piperidine rings is 1. The molecule has 6 rings (SSSR count). The molecule has 2 N–H and O–H groups in total. The van der Waals surface area contributed by atoms with Gasteiger partial charge in [0.1, 0.15) is 6.10 Å². The molecule has 1 spiro atoms. The topological polar surface area (TPSA) is 52.9 Å². The van der Waals surface area contributed by atoms with Crippen LogP contribution in [0.1, 0.15) is 49.7 Å². The lowest BCUT2D eigenvalue weighted by Gasteiger charge is -2.63. The van der Waals surface area contributed by atoms with Crippen molar-refractivity contribution in [2.75, 3.05) is 13.1 Å².